The monoisotopic (exact) mass is 325 g/mol. The van der Waals surface area contributed by atoms with E-state index in [1.54, 1.807) is 12.1 Å². The van der Waals surface area contributed by atoms with Crippen LogP contribution in [0.2, 0.25) is 0 Å². The number of hydrogen-bond donors (Lipinski definition) is 1. The van der Waals surface area contributed by atoms with Crippen LogP contribution in [0.5, 0.6) is 0 Å². The number of ether oxygens (including phenoxy) is 1. The molecule has 0 unspecified atom stereocenters. The van der Waals surface area contributed by atoms with Crippen LogP contribution in [0.25, 0.3) is 0 Å². The molecular formula is C17H27NO3S. The van der Waals surface area contributed by atoms with Crippen molar-refractivity contribution < 1.29 is 13.2 Å². The van der Waals surface area contributed by atoms with Gasteiger partial charge in [-0.05, 0) is 55.2 Å². The van der Waals surface area contributed by atoms with Crippen molar-refractivity contribution >= 4 is 10.0 Å². The molecule has 0 aromatic heterocycles. The van der Waals surface area contributed by atoms with Crippen molar-refractivity contribution in [3.05, 3.63) is 29.8 Å². The highest BCUT2D eigenvalue weighted by molar-refractivity contribution is 7.89. The molecule has 0 radical (unpaired) electrons. The molecule has 2 rings (SSSR count). The summed E-state index contributed by atoms with van der Waals surface area (Å²) in [6.45, 7) is 5.89. The molecule has 0 amide bonds. The third-order valence-corrected chi connectivity index (χ3v) is 5.31. The maximum atomic E-state index is 12.2. The lowest BCUT2D eigenvalue weighted by Gasteiger charge is -2.09. The SMILES string of the molecule is CC(C)CCc1ccc(S(=O)(=O)NCCOCC2CC2)cc1. The van der Waals surface area contributed by atoms with Crippen molar-refractivity contribution in [1.82, 2.24) is 4.72 Å². The van der Waals surface area contributed by atoms with Gasteiger partial charge in [0, 0.05) is 13.2 Å². The Morgan fingerprint density at radius 1 is 1.23 bits per heavy atom. The molecule has 124 valence electrons. The fraction of sp³-hybridized carbons (Fsp3) is 0.647. The maximum Gasteiger partial charge on any atom is 0.240 e. The molecule has 1 aliphatic rings. The van der Waals surface area contributed by atoms with Crippen LogP contribution in [0.1, 0.15) is 38.7 Å². The molecule has 1 saturated carbocycles. The summed E-state index contributed by atoms with van der Waals surface area (Å²) in [7, 11) is -3.42. The Labute approximate surface area is 134 Å². The molecule has 5 heteroatoms. The Morgan fingerprint density at radius 3 is 2.50 bits per heavy atom. The first-order valence-electron chi connectivity index (χ1n) is 8.14. The second-order valence-electron chi connectivity index (χ2n) is 6.49. The van der Waals surface area contributed by atoms with Crippen LogP contribution >= 0.6 is 0 Å². The van der Waals surface area contributed by atoms with E-state index < -0.39 is 10.0 Å². The van der Waals surface area contributed by atoms with E-state index in [1.807, 2.05) is 12.1 Å². The predicted octanol–water partition coefficient (Wildman–Crippen LogP) is 2.98. The third-order valence-electron chi connectivity index (χ3n) is 3.83. The number of aryl methyl sites for hydroxylation is 1. The van der Waals surface area contributed by atoms with Gasteiger partial charge in [0.2, 0.25) is 10.0 Å². The molecule has 1 aromatic rings. The maximum absolute atomic E-state index is 12.2. The molecule has 0 aliphatic heterocycles. The lowest BCUT2D eigenvalue weighted by atomic mass is 10.0. The molecule has 1 aliphatic carbocycles. The Kier molecular flexibility index (Phi) is 6.41. The standard InChI is InChI=1S/C17H27NO3S/c1-14(2)3-4-15-7-9-17(10-8-15)22(19,20)18-11-12-21-13-16-5-6-16/h7-10,14,16,18H,3-6,11-13H2,1-2H3. The number of hydrogen-bond acceptors (Lipinski definition) is 3. The van der Waals surface area contributed by atoms with E-state index in [4.69, 9.17) is 4.74 Å². The van der Waals surface area contributed by atoms with Gasteiger partial charge in [-0.1, -0.05) is 26.0 Å². The Balaban J connectivity index is 1.77. The lowest BCUT2D eigenvalue weighted by Crippen LogP contribution is -2.27. The molecule has 0 saturated heterocycles. The molecule has 0 atom stereocenters. The zero-order valence-corrected chi connectivity index (χ0v) is 14.4. The van der Waals surface area contributed by atoms with Gasteiger partial charge < -0.3 is 4.74 Å². The van der Waals surface area contributed by atoms with E-state index in [9.17, 15) is 8.42 Å². The van der Waals surface area contributed by atoms with Crippen LogP contribution in [0, 0.1) is 11.8 Å². The quantitative estimate of drug-likeness (QED) is 0.673. The summed E-state index contributed by atoms with van der Waals surface area (Å²) in [6, 6.07) is 7.17. The highest BCUT2D eigenvalue weighted by Gasteiger charge is 2.21. The first kappa shape index (κ1) is 17.4. The summed E-state index contributed by atoms with van der Waals surface area (Å²) < 4.78 is 32.3. The summed E-state index contributed by atoms with van der Waals surface area (Å²) in [5, 5.41) is 0. The topological polar surface area (TPSA) is 55.4 Å². The molecule has 0 bridgehead atoms. The lowest BCUT2D eigenvalue weighted by molar-refractivity contribution is 0.129. The van der Waals surface area contributed by atoms with Crippen LogP contribution in [-0.4, -0.2) is 28.2 Å². The van der Waals surface area contributed by atoms with Crippen molar-refractivity contribution in [1.29, 1.82) is 0 Å². The highest BCUT2D eigenvalue weighted by atomic mass is 32.2. The largest absolute Gasteiger partial charge is 0.380 e. The van der Waals surface area contributed by atoms with Gasteiger partial charge in [-0.25, -0.2) is 13.1 Å². The summed E-state index contributed by atoms with van der Waals surface area (Å²) in [5.41, 5.74) is 1.18. The molecule has 1 aromatic carbocycles. The van der Waals surface area contributed by atoms with Gasteiger partial charge in [0.25, 0.3) is 0 Å². The van der Waals surface area contributed by atoms with E-state index >= 15 is 0 Å². The zero-order valence-electron chi connectivity index (χ0n) is 13.5. The van der Waals surface area contributed by atoms with E-state index in [2.05, 4.69) is 18.6 Å². The van der Waals surface area contributed by atoms with Crippen LogP contribution in [0.4, 0.5) is 0 Å². The minimum absolute atomic E-state index is 0.322. The van der Waals surface area contributed by atoms with Gasteiger partial charge in [-0.2, -0.15) is 0 Å². The van der Waals surface area contributed by atoms with Crippen molar-refractivity contribution in [2.45, 2.75) is 44.4 Å². The number of nitrogens with one attached hydrogen (secondary N) is 1. The normalized spacial score (nSPS) is 15.4. The minimum Gasteiger partial charge on any atom is -0.380 e. The predicted molar refractivity (Wildman–Crippen MR) is 88.3 cm³/mol. The van der Waals surface area contributed by atoms with Crippen molar-refractivity contribution in [2.24, 2.45) is 11.8 Å². The smallest absolute Gasteiger partial charge is 0.240 e. The van der Waals surface area contributed by atoms with Gasteiger partial charge in [0.15, 0.2) is 0 Å². The van der Waals surface area contributed by atoms with E-state index in [0.29, 0.717) is 29.9 Å². The first-order chi connectivity index (χ1) is 10.5. The Hall–Kier alpha value is -0.910. The number of benzene rings is 1. The molecule has 4 nitrogen and oxygen atoms in total. The summed E-state index contributed by atoms with van der Waals surface area (Å²) in [5.74, 6) is 1.36. The van der Waals surface area contributed by atoms with Crippen molar-refractivity contribution in [3.63, 3.8) is 0 Å². The average Bonchev–Trinajstić information content (AvgIpc) is 3.29. The van der Waals surface area contributed by atoms with Crippen LogP contribution < -0.4 is 4.72 Å². The van der Waals surface area contributed by atoms with Gasteiger partial charge in [-0.15, -0.1) is 0 Å². The van der Waals surface area contributed by atoms with Gasteiger partial charge in [0.1, 0.15) is 0 Å². The van der Waals surface area contributed by atoms with Gasteiger partial charge in [0.05, 0.1) is 11.5 Å². The van der Waals surface area contributed by atoms with Crippen molar-refractivity contribution in [3.8, 4) is 0 Å². The highest BCUT2D eigenvalue weighted by Crippen LogP contribution is 2.28. The van der Waals surface area contributed by atoms with E-state index in [-0.39, 0.29) is 0 Å². The van der Waals surface area contributed by atoms with Crippen molar-refractivity contribution in [2.75, 3.05) is 19.8 Å². The molecular weight excluding hydrogens is 298 g/mol. The second-order valence-corrected chi connectivity index (χ2v) is 8.26. The third kappa shape index (κ3) is 6.07. The molecule has 1 fully saturated rings. The van der Waals surface area contributed by atoms with Crippen LogP contribution in [0.15, 0.2) is 29.2 Å². The molecule has 1 N–H and O–H groups in total. The molecule has 22 heavy (non-hydrogen) atoms. The number of sulfonamides is 1. The Bertz CT molecular complexity index is 548. The van der Waals surface area contributed by atoms with Crippen LogP contribution in [-0.2, 0) is 21.2 Å². The fourth-order valence-corrected chi connectivity index (χ4v) is 3.17. The zero-order chi connectivity index (χ0) is 16.0. The van der Waals surface area contributed by atoms with E-state index in [0.717, 1.165) is 19.4 Å². The summed E-state index contributed by atoms with van der Waals surface area (Å²) in [6.07, 6.45) is 4.59. The number of rotatable bonds is 10. The minimum atomic E-state index is -3.42. The van der Waals surface area contributed by atoms with Gasteiger partial charge >= 0.3 is 0 Å². The summed E-state index contributed by atoms with van der Waals surface area (Å²) >= 11 is 0. The van der Waals surface area contributed by atoms with Crippen LogP contribution in [0.3, 0.4) is 0 Å². The second kappa shape index (κ2) is 8.09. The average molecular weight is 325 g/mol. The first-order valence-corrected chi connectivity index (χ1v) is 9.62. The summed E-state index contributed by atoms with van der Waals surface area (Å²) in [4.78, 5) is 0.322. The molecule has 0 heterocycles. The van der Waals surface area contributed by atoms with Gasteiger partial charge in [-0.3, -0.25) is 0 Å². The Morgan fingerprint density at radius 2 is 1.91 bits per heavy atom. The fourth-order valence-electron chi connectivity index (χ4n) is 2.16. The molecule has 0 spiro atoms. The van der Waals surface area contributed by atoms with E-state index in [1.165, 1.54) is 18.4 Å².